The average molecular weight is 498 g/mol. The fraction of sp³-hybridized carbons (Fsp3) is 0.350. The molecule has 0 spiro atoms. The van der Waals surface area contributed by atoms with Crippen molar-refractivity contribution in [1.82, 2.24) is 20.1 Å². The highest BCUT2D eigenvalue weighted by molar-refractivity contribution is 5.89. The largest absolute Gasteiger partial charge is 0.573 e. The molecule has 1 aromatic carbocycles. The fourth-order valence-electron chi connectivity index (χ4n) is 3.24. The Kier molecular flexibility index (Phi) is 6.43. The minimum Gasteiger partial charge on any atom is -0.447 e. The van der Waals surface area contributed by atoms with Crippen molar-refractivity contribution in [1.29, 1.82) is 0 Å². The first-order valence-corrected chi connectivity index (χ1v) is 10.1. The van der Waals surface area contributed by atoms with Crippen molar-refractivity contribution < 1.29 is 41.5 Å². The maximum atomic E-state index is 13.7. The molecule has 3 aromatic rings. The second-order valence-corrected chi connectivity index (χ2v) is 7.51. The molecule has 1 amide bonds. The zero-order chi connectivity index (χ0) is 25.3. The van der Waals surface area contributed by atoms with Gasteiger partial charge in [0.2, 0.25) is 17.7 Å². The highest BCUT2D eigenvalue weighted by atomic mass is 19.4. The molecule has 35 heavy (non-hydrogen) atoms. The molecule has 186 valence electrons. The number of aliphatic hydroxyl groups is 1. The standard InChI is InChI=1S/C20H18F4N6O5/c1-9(26-18-25-6-5-15(27-18)30-13(10(2)31)8-33-19(30)32)17-28-16(29-35-17)11-3-4-12(21)14(7-11)34-20(22,23)24/h3-7,9-10,13,31H,8H2,1-2H3,(H,25,26,27)/t9?,10-,13?/m1/s1. The summed E-state index contributed by atoms with van der Waals surface area (Å²) >= 11 is 0. The molecule has 1 aliphatic rings. The van der Waals surface area contributed by atoms with Crippen LogP contribution in [0.25, 0.3) is 11.4 Å². The van der Waals surface area contributed by atoms with Crippen molar-refractivity contribution in [3.05, 3.63) is 42.2 Å². The molecule has 2 aromatic heterocycles. The topological polar surface area (TPSA) is 136 Å². The van der Waals surface area contributed by atoms with E-state index in [9.17, 15) is 27.5 Å². The van der Waals surface area contributed by atoms with E-state index >= 15 is 0 Å². The molecule has 15 heteroatoms. The van der Waals surface area contributed by atoms with Gasteiger partial charge in [0.1, 0.15) is 24.5 Å². The Morgan fingerprint density at radius 2 is 2.03 bits per heavy atom. The van der Waals surface area contributed by atoms with Crippen LogP contribution in [0.3, 0.4) is 0 Å². The first kappa shape index (κ1) is 24.1. The van der Waals surface area contributed by atoms with Gasteiger partial charge in [-0.2, -0.15) is 9.97 Å². The minimum atomic E-state index is -5.07. The summed E-state index contributed by atoms with van der Waals surface area (Å²) in [6.07, 6.45) is -5.21. The number of benzene rings is 1. The van der Waals surface area contributed by atoms with Gasteiger partial charge in [0.05, 0.1) is 6.10 Å². The predicted octanol–water partition coefficient (Wildman–Crippen LogP) is 3.44. The van der Waals surface area contributed by atoms with E-state index < -0.39 is 42.2 Å². The first-order valence-electron chi connectivity index (χ1n) is 10.1. The summed E-state index contributed by atoms with van der Waals surface area (Å²) in [6, 6.07) is 2.94. The molecule has 0 radical (unpaired) electrons. The van der Waals surface area contributed by atoms with Gasteiger partial charge in [0, 0.05) is 11.8 Å². The van der Waals surface area contributed by atoms with E-state index in [4.69, 9.17) is 9.26 Å². The molecule has 2 N–H and O–H groups in total. The lowest BCUT2D eigenvalue weighted by molar-refractivity contribution is -0.275. The van der Waals surface area contributed by atoms with Gasteiger partial charge in [-0.15, -0.1) is 13.2 Å². The molecule has 1 fully saturated rings. The number of hydrogen-bond donors (Lipinski definition) is 2. The van der Waals surface area contributed by atoms with Crippen molar-refractivity contribution >= 4 is 17.9 Å². The molecule has 11 nitrogen and oxygen atoms in total. The number of nitrogens with zero attached hydrogens (tertiary/aromatic N) is 5. The van der Waals surface area contributed by atoms with Gasteiger partial charge in [-0.25, -0.2) is 14.2 Å². The lowest BCUT2D eigenvalue weighted by Crippen LogP contribution is -2.41. The van der Waals surface area contributed by atoms with Crippen LogP contribution < -0.4 is 15.0 Å². The van der Waals surface area contributed by atoms with Crippen molar-refractivity contribution in [3.63, 3.8) is 0 Å². The van der Waals surface area contributed by atoms with Crippen LogP contribution in [0.15, 0.2) is 35.0 Å². The molecular weight excluding hydrogens is 480 g/mol. The Balaban J connectivity index is 1.50. The van der Waals surface area contributed by atoms with Gasteiger partial charge < -0.3 is 24.4 Å². The normalized spacial score (nSPS) is 17.7. The number of nitrogens with one attached hydrogen (secondary N) is 1. The number of rotatable bonds is 7. The lowest BCUT2D eigenvalue weighted by Gasteiger charge is -2.22. The van der Waals surface area contributed by atoms with Crippen LogP contribution in [0.1, 0.15) is 25.8 Å². The maximum Gasteiger partial charge on any atom is 0.573 e. The Bertz CT molecular complexity index is 1220. The number of hydrogen-bond acceptors (Lipinski definition) is 10. The second kappa shape index (κ2) is 9.32. The third-order valence-corrected chi connectivity index (χ3v) is 4.92. The molecule has 2 unspecified atom stereocenters. The number of carbonyl (C=O) groups excluding carboxylic acids is 1. The number of ether oxygens (including phenoxy) is 2. The molecule has 0 saturated carbocycles. The number of aliphatic hydroxyl groups excluding tert-OH is 1. The van der Waals surface area contributed by atoms with E-state index in [-0.39, 0.29) is 35.7 Å². The Morgan fingerprint density at radius 3 is 2.74 bits per heavy atom. The van der Waals surface area contributed by atoms with Crippen LogP contribution in [0, 0.1) is 5.82 Å². The summed E-state index contributed by atoms with van der Waals surface area (Å²) in [6.45, 7) is 3.15. The summed E-state index contributed by atoms with van der Waals surface area (Å²) in [7, 11) is 0. The molecule has 0 aliphatic carbocycles. The highest BCUT2D eigenvalue weighted by Gasteiger charge is 2.38. The number of amides is 1. The van der Waals surface area contributed by atoms with E-state index in [1.54, 1.807) is 6.92 Å². The van der Waals surface area contributed by atoms with Gasteiger partial charge in [-0.3, -0.25) is 4.90 Å². The monoisotopic (exact) mass is 498 g/mol. The Hall–Kier alpha value is -4.01. The zero-order valence-electron chi connectivity index (χ0n) is 18.2. The average Bonchev–Trinajstić information content (AvgIpc) is 3.42. The van der Waals surface area contributed by atoms with Gasteiger partial charge in [0.25, 0.3) is 0 Å². The number of alkyl halides is 3. The van der Waals surface area contributed by atoms with Gasteiger partial charge in [-0.1, -0.05) is 5.16 Å². The van der Waals surface area contributed by atoms with Crippen LogP contribution in [-0.2, 0) is 4.74 Å². The lowest BCUT2D eigenvalue weighted by atomic mass is 10.2. The van der Waals surface area contributed by atoms with Crippen LogP contribution in [0.5, 0.6) is 5.75 Å². The van der Waals surface area contributed by atoms with Gasteiger partial charge in [-0.05, 0) is 38.1 Å². The molecule has 1 saturated heterocycles. The Morgan fingerprint density at radius 1 is 1.26 bits per heavy atom. The fourth-order valence-corrected chi connectivity index (χ4v) is 3.24. The van der Waals surface area contributed by atoms with E-state index in [1.165, 1.54) is 30.2 Å². The van der Waals surface area contributed by atoms with Crippen LogP contribution in [0.4, 0.5) is 34.1 Å². The van der Waals surface area contributed by atoms with Crippen LogP contribution in [0.2, 0.25) is 0 Å². The molecule has 3 heterocycles. The summed E-state index contributed by atoms with van der Waals surface area (Å²) in [5, 5.41) is 16.5. The minimum absolute atomic E-state index is 0.00351. The van der Waals surface area contributed by atoms with Crippen molar-refractivity contribution in [2.45, 2.75) is 38.4 Å². The molecule has 1 aliphatic heterocycles. The smallest absolute Gasteiger partial charge is 0.447 e. The van der Waals surface area contributed by atoms with E-state index in [1.807, 2.05) is 0 Å². The second-order valence-electron chi connectivity index (χ2n) is 7.51. The van der Waals surface area contributed by atoms with Crippen molar-refractivity contribution in [2.24, 2.45) is 0 Å². The highest BCUT2D eigenvalue weighted by Crippen LogP contribution is 2.30. The number of aromatic nitrogens is 4. The molecule has 0 bridgehead atoms. The van der Waals surface area contributed by atoms with E-state index in [0.717, 1.165) is 12.1 Å². The number of halogens is 4. The summed E-state index contributed by atoms with van der Waals surface area (Å²) < 4.78 is 64.9. The van der Waals surface area contributed by atoms with E-state index in [2.05, 4.69) is 30.2 Å². The van der Waals surface area contributed by atoms with E-state index in [0.29, 0.717) is 0 Å². The van der Waals surface area contributed by atoms with Gasteiger partial charge >= 0.3 is 12.5 Å². The predicted molar refractivity (Wildman–Crippen MR) is 110 cm³/mol. The third-order valence-electron chi connectivity index (χ3n) is 4.92. The van der Waals surface area contributed by atoms with Crippen LogP contribution >= 0.6 is 0 Å². The number of cyclic esters (lactones) is 1. The maximum absolute atomic E-state index is 13.7. The van der Waals surface area contributed by atoms with Gasteiger partial charge in [0.15, 0.2) is 11.6 Å². The number of anilines is 2. The number of carbonyl (C=O) groups is 1. The molecule has 4 rings (SSSR count). The third kappa shape index (κ3) is 5.40. The SMILES string of the molecule is CC(Nc1nccc(N2C(=O)OCC2[C@@H](C)O)n1)c1nc(-c2ccc(F)c(OC(F)(F)F)c2)no1. The molecular formula is C20H18F4N6O5. The van der Waals surface area contributed by atoms with Crippen molar-refractivity contribution in [3.8, 4) is 17.1 Å². The summed E-state index contributed by atoms with van der Waals surface area (Å²) in [5.74, 6) is -2.04. The quantitative estimate of drug-likeness (QED) is 0.466. The summed E-state index contributed by atoms with van der Waals surface area (Å²) in [5.41, 5.74) is 0.0304. The van der Waals surface area contributed by atoms with Crippen LogP contribution in [-0.4, -0.2) is 56.4 Å². The Labute approximate surface area is 194 Å². The summed E-state index contributed by atoms with van der Waals surface area (Å²) in [4.78, 5) is 25.8. The zero-order valence-corrected chi connectivity index (χ0v) is 18.2. The first-order chi connectivity index (χ1) is 16.5. The van der Waals surface area contributed by atoms with Crippen molar-refractivity contribution in [2.75, 3.05) is 16.8 Å². The molecule has 3 atom stereocenters.